The summed E-state index contributed by atoms with van der Waals surface area (Å²) in [7, 11) is 1.50. The maximum Gasteiger partial charge on any atom is 0.217 e. The van der Waals surface area contributed by atoms with E-state index in [1.54, 1.807) is 6.07 Å². The van der Waals surface area contributed by atoms with Gasteiger partial charge in [0.2, 0.25) is 5.95 Å². The predicted octanol–water partition coefficient (Wildman–Crippen LogP) is 1.09. The smallest absolute Gasteiger partial charge is 0.217 e. The molecule has 0 unspecified atom stereocenters. The van der Waals surface area contributed by atoms with Crippen molar-refractivity contribution in [3.63, 3.8) is 0 Å². The lowest BCUT2D eigenvalue weighted by atomic mass is 10.1. The minimum absolute atomic E-state index is 0.0218. The molecular formula is C11H17FN2O2. The fraction of sp³-hybridized carbons (Fsp3) is 0.545. The summed E-state index contributed by atoms with van der Waals surface area (Å²) in [6.45, 7) is 3.94. The van der Waals surface area contributed by atoms with Crippen LogP contribution in [0.4, 0.5) is 4.39 Å². The van der Waals surface area contributed by atoms with Crippen LogP contribution in [0.1, 0.15) is 19.4 Å². The third-order valence-electron chi connectivity index (χ3n) is 2.27. The Labute approximate surface area is 94.5 Å². The van der Waals surface area contributed by atoms with Gasteiger partial charge in [-0.15, -0.1) is 0 Å². The average molecular weight is 228 g/mol. The van der Waals surface area contributed by atoms with E-state index in [4.69, 9.17) is 9.84 Å². The fourth-order valence-corrected chi connectivity index (χ4v) is 1.10. The molecule has 5 heteroatoms. The lowest BCUT2D eigenvalue weighted by molar-refractivity contribution is 0.187. The molecule has 1 heterocycles. The Hall–Kier alpha value is -1.20. The van der Waals surface area contributed by atoms with Crippen molar-refractivity contribution < 1.29 is 14.2 Å². The topological polar surface area (TPSA) is 54.4 Å². The molecule has 0 atom stereocenters. The van der Waals surface area contributed by atoms with E-state index >= 15 is 0 Å². The van der Waals surface area contributed by atoms with Gasteiger partial charge in [0.15, 0.2) is 0 Å². The lowest BCUT2D eigenvalue weighted by Crippen LogP contribution is -2.42. The first-order valence-electron chi connectivity index (χ1n) is 5.03. The average Bonchev–Trinajstić information content (AvgIpc) is 2.28. The van der Waals surface area contributed by atoms with Gasteiger partial charge in [-0.2, -0.15) is 4.39 Å². The monoisotopic (exact) mass is 228 g/mol. The molecule has 1 aromatic heterocycles. The highest BCUT2D eigenvalue weighted by Gasteiger charge is 2.16. The second kappa shape index (κ2) is 5.23. The zero-order valence-corrected chi connectivity index (χ0v) is 9.75. The van der Waals surface area contributed by atoms with Crippen LogP contribution in [-0.2, 0) is 6.54 Å². The molecule has 0 aromatic carbocycles. The van der Waals surface area contributed by atoms with Crippen LogP contribution in [0.15, 0.2) is 12.3 Å². The van der Waals surface area contributed by atoms with Crippen LogP contribution in [0.5, 0.6) is 5.75 Å². The van der Waals surface area contributed by atoms with E-state index in [-0.39, 0.29) is 6.61 Å². The summed E-state index contributed by atoms with van der Waals surface area (Å²) in [4.78, 5) is 3.58. The summed E-state index contributed by atoms with van der Waals surface area (Å²) in [5.74, 6) is -0.0120. The van der Waals surface area contributed by atoms with Gasteiger partial charge in [0.25, 0.3) is 0 Å². The van der Waals surface area contributed by atoms with Crippen molar-refractivity contribution in [2.24, 2.45) is 0 Å². The minimum atomic E-state index is -0.526. The number of aliphatic hydroxyl groups excluding tert-OH is 1. The zero-order chi connectivity index (χ0) is 12.2. The number of aliphatic hydroxyl groups is 1. The SMILES string of the molecule is COc1cnc(F)c(CNC(C)(C)CO)c1. The van der Waals surface area contributed by atoms with E-state index in [0.29, 0.717) is 17.9 Å². The predicted molar refractivity (Wildman–Crippen MR) is 58.8 cm³/mol. The molecule has 90 valence electrons. The molecule has 0 spiro atoms. The van der Waals surface area contributed by atoms with Gasteiger partial charge in [0.05, 0.1) is 19.9 Å². The Kier molecular flexibility index (Phi) is 4.20. The molecule has 2 N–H and O–H groups in total. The van der Waals surface area contributed by atoms with Crippen LogP contribution < -0.4 is 10.1 Å². The molecule has 0 fully saturated rings. The van der Waals surface area contributed by atoms with Crippen LogP contribution in [0.2, 0.25) is 0 Å². The molecule has 0 aliphatic heterocycles. The number of ether oxygens (including phenoxy) is 1. The molecule has 0 aliphatic rings. The van der Waals surface area contributed by atoms with Gasteiger partial charge in [-0.3, -0.25) is 0 Å². The molecule has 0 aliphatic carbocycles. The summed E-state index contributed by atoms with van der Waals surface area (Å²) in [5, 5.41) is 12.1. The van der Waals surface area contributed by atoms with Gasteiger partial charge in [0, 0.05) is 17.6 Å². The third kappa shape index (κ3) is 3.43. The lowest BCUT2D eigenvalue weighted by Gasteiger charge is -2.23. The number of nitrogens with zero attached hydrogens (tertiary/aromatic N) is 1. The zero-order valence-electron chi connectivity index (χ0n) is 9.75. The second-order valence-corrected chi connectivity index (χ2v) is 4.22. The maximum atomic E-state index is 13.3. The Morgan fingerprint density at radius 3 is 2.81 bits per heavy atom. The van der Waals surface area contributed by atoms with Gasteiger partial charge >= 0.3 is 0 Å². The number of rotatable bonds is 5. The summed E-state index contributed by atoms with van der Waals surface area (Å²) >= 11 is 0. The van der Waals surface area contributed by atoms with Gasteiger partial charge in [0.1, 0.15) is 5.75 Å². The first-order valence-corrected chi connectivity index (χ1v) is 5.03. The number of aromatic nitrogens is 1. The van der Waals surface area contributed by atoms with Gasteiger partial charge in [-0.1, -0.05) is 0 Å². The Balaban J connectivity index is 2.73. The normalized spacial score (nSPS) is 11.6. The minimum Gasteiger partial charge on any atom is -0.495 e. The van der Waals surface area contributed by atoms with Gasteiger partial charge in [-0.25, -0.2) is 4.98 Å². The van der Waals surface area contributed by atoms with Crippen molar-refractivity contribution in [3.8, 4) is 5.75 Å². The Morgan fingerprint density at radius 1 is 1.56 bits per heavy atom. The van der Waals surface area contributed by atoms with E-state index in [2.05, 4.69) is 10.3 Å². The number of pyridine rings is 1. The quantitative estimate of drug-likeness (QED) is 0.741. The molecular weight excluding hydrogens is 211 g/mol. The number of nitrogens with one attached hydrogen (secondary N) is 1. The number of hydrogen-bond donors (Lipinski definition) is 2. The van der Waals surface area contributed by atoms with Crippen molar-refractivity contribution in [1.29, 1.82) is 0 Å². The summed E-state index contributed by atoms with van der Waals surface area (Å²) < 4.78 is 18.3. The van der Waals surface area contributed by atoms with E-state index < -0.39 is 11.5 Å². The molecule has 0 bridgehead atoms. The highest BCUT2D eigenvalue weighted by molar-refractivity contribution is 5.24. The standard InChI is InChI=1S/C11H17FN2O2/c1-11(2,7-15)14-5-8-4-9(16-3)6-13-10(8)12/h4,6,14-15H,5,7H2,1-3H3. The maximum absolute atomic E-state index is 13.3. The number of methoxy groups -OCH3 is 1. The van der Waals surface area contributed by atoms with Crippen molar-refractivity contribution in [3.05, 3.63) is 23.8 Å². The molecule has 0 saturated heterocycles. The number of halogens is 1. The highest BCUT2D eigenvalue weighted by atomic mass is 19.1. The summed E-state index contributed by atoms with van der Waals surface area (Å²) in [6.07, 6.45) is 1.33. The van der Waals surface area contributed by atoms with Crippen molar-refractivity contribution in [1.82, 2.24) is 10.3 Å². The molecule has 1 rings (SSSR count). The van der Waals surface area contributed by atoms with Crippen LogP contribution in [-0.4, -0.2) is 29.3 Å². The molecule has 0 radical (unpaired) electrons. The molecule has 0 saturated carbocycles. The van der Waals surface area contributed by atoms with E-state index in [0.717, 1.165) is 0 Å². The van der Waals surface area contributed by atoms with Crippen molar-refractivity contribution in [2.45, 2.75) is 25.9 Å². The first kappa shape index (κ1) is 12.9. The summed E-state index contributed by atoms with van der Waals surface area (Å²) in [6, 6.07) is 1.59. The molecule has 4 nitrogen and oxygen atoms in total. The van der Waals surface area contributed by atoms with Crippen molar-refractivity contribution >= 4 is 0 Å². The van der Waals surface area contributed by atoms with Gasteiger partial charge < -0.3 is 15.2 Å². The fourth-order valence-electron chi connectivity index (χ4n) is 1.10. The van der Waals surface area contributed by atoms with Crippen LogP contribution in [0, 0.1) is 5.95 Å². The molecule has 1 aromatic rings. The Morgan fingerprint density at radius 2 is 2.25 bits per heavy atom. The summed E-state index contributed by atoms with van der Waals surface area (Å²) in [5.41, 5.74) is -0.0314. The second-order valence-electron chi connectivity index (χ2n) is 4.22. The van der Waals surface area contributed by atoms with Crippen LogP contribution in [0.25, 0.3) is 0 Å². The van der Waals surface area contributed by atoms with Crippen LogP contribution in [0.3, 0.4) is 0 Å². The third-order valence-corrected chi connectivity index (χ3v) is 2.27. The van der Waals surface area contributed by atoms with Crippen LogP contribution >= 0.6 is 0 Å². The Bertz CT molecular complexity index is 356. The van der Waals surface area contributed by atoms with Crippen molar-refractivity contribution in [2.75, 3.05) is 13.7 Å². The highest BCUT2D eigenvalue weighted by Crippen LogP contribution is 2.14. The van der Waals surface area contributed by atoms with E-state index in [1.165, 1.54) is 13.3 Å². The van der Waals surface area contributed by atoms with E-state index in [1.807, 2.05) is 13.8 Å². The molecule has 0 amide bonds. The number of hydrogen-bond acceptors (Lipinski definition) is 4. The molecule has 16 heavy (non-hydrogen) atoms. The van der Waals surface area contributed by atoms with Gasteiger partial charge in [-0.05, 0) is 19.9 Å². The first-order chi connectivity index (χ1) is 7.48. The van der Waals surface area contributed by atoms with E-state index in [9.17, 15) is 4.39 Å². The largest absolute Gasteiger partial charge is 0.495 e.